The smallest absolute Gasteiger partial charge is 0.322 e. The van der Waals surface area contributed by atoms with Crippen molar-refractivity contribution in [3.8, 4) is 0 Å². The molecule has 5 nitrogen and oxygen atoms in total. The van der Waals surface area contributed by atoms with Gasteiger partial charge in [-0.3, -0.25) is 9.69 Å². The third-order valence-electron chi connectivity index (χ3n) is 5.17. The van der Waals surface area contributed by atoms with Crippen molar-refractivity contribution in [1.82, 2.24) is 4.90 Å². The van der Waals surface area contributed by atoms with Gasteiger partial charge in [0.25, 0.3) is 5.91 Å². The molecule has 7 heteroatoms. The number of carbonyl (C=O) groups is 2. The van der Waals surface area contributed by atoms with Crippen molar-refractivity contribution < 1.29 is 14.0 Å². The van der Waals surface area contributed by atoms with E-state index in [1.165, 1.54) is 6.07 Å². The van der Waals surface area contributed by atoms with Crippen molar-refractivity contribution >= 4 is 34.9 Å². The summed E-state index contributed by atoms with van der Waals surface area (Å²) in [7, 11) is 0. The van der Waals surface area contributed by atoms with Crippen LogP contribution in [0.5, 0.6) is 0 Å². The largest absolute Gasteiger partial charge is 0.324 e. The summed E-state index contributed by atoms with van der Waals surface area (Å²) >= 11 is 5.86. The molecule has 0 unspecified atom stereocenters. The molecule has 0 bridgehead atoms. The summed E-state index contributed by atoms with van der Waals surface area (Å²) in [5.74, 6) is -0.553. The van der Waals surface area contributed by atoms with Crippen LogP contribution in [0.15, 0.2) is 72.8 Å². The third-order valence-corrected chi connectivity index (χ3v) is 5.43. The fraction of sp³-hybridized carbons (Fsp3) is 0.167. The Bertz CT molecular complexity index is 1090. The quantitative estimate of drug-likeness (QED) is 0.567. The third kappa shape index (κ3) is 4.86. The number of amides is 3. The highest BCUT2D eigenvalue weighted by molar-refractivity contribution is 6.30. The van der Waals surface area contributed by atoms with Gasteiger partial charge < -0.3 is 10.2 Å². The lowest BCUT2D eigenvalue weighted by Gasteiger charge is -2.35. The zero-order valence-electron chi connectivity index (χ0n) is 16.7. The first-order valence-electron chi connectivity index (χ1n) is 9.98. The van der Waals surface area contributed by atoms with E-state index in [-0.39, 0.29) is 24.3 Å². The molecule has 1 saturated heterocycles. The minimum absolute atomic E-state index is 0.160. The van der Waals surface area contributed by atoms with Gasteiger partial charge in [-0.05, 0) is 61.0 Å². The van der Waals surface area contributed by atoms with Crippen LogP contribution in [0.4, 0.5) is 20.6 Å². The average molecular weight is 438 g/mol. The summed E-state index contributed by atoms with van der Waals surface area (Å²) in [4.78, 5) is 28.6. The lowest BCUT2D eigenvalue weighted by Crippen LogP contribution is -2.49. The summed E-state index contributed by atoms with van der Waals surface area (Å²) < 4.78 is 14.0. The molecule has 1 N–H and O–H groups in total. The maximum absolute atomic E-state index is 14.0. The van der Waals surface area contributed by atoms with Crippen LogP contribution in [-0.2, 0) is 6.54 Å². The summed E-state index contributed by atoms with van der Waals surface area (Å²) in [5.41, 5.74) is 2.35. The molecule has 1 aliphatic rings. The molecule has 158 valence electrons. The number of nitrogens with zero attached hydrogens (tertiary/aromatic N) is 2. The molecule has 3 aromatic carbocycles. The fourth-order valence-corrected chi connectivity index (χ4v) is 3.66. The van der Waals surface area contributed by atoms with Crippen molar-refractivity contribution in [3.05, 3.63) is 94.8 Å². The first-order valence-corrected chi connectivity index (χ1v) is 10.4. The molecule has 0 saturated carbocycles. The van der Waals surface area contributed by atoms with Crippen LogP contribution >= 0.6 is 11.6 Å². The molecule has 0 radical (unpaired) electrons. The number of urea groups is 1. The van der Waals surface area contributed by atoms with Crippen LogP contribution in [0.2, 0.25) is 5.02 Å². The number of rotatable bonds is 5. The van der Waals surface area contributed by atoms with Gasteiger partial charge >= 0.3 is 6.03 Å². The van der Waals surface area contributed by atoms with Crippen molar-refractivity contribution in [1.29, 1.82) is 0 Å². The molecule has 1 aliphatic heterocycles. The summed E-state index contributed by atoms with van der Waals surface area (Å²) in [5, 5.41) is 3.40. The second-order valence-electron chi connectivity index (χ2n) is 7.31. The minimum atomic E-state index is -0.312. The lowest BCUT2D eigenvalue weighted by atomic mass is 10.1. The Morgan fingerprint density at radius 2 is 1.68 bits per heavy atom. The van der Waals surface area contributed by atoms with Gasteiger partial charge in [0, 0.05) is 40.6 Å². The summed E-state index contributed by atoms with van der Waals surface area (Å²) in [6, 6.07) is 20.1. The standard InChI is InChI=1S/C24H21ClFN3O2/c25-19-8-6-17(7-9-19)23(30)27-20-10-12-21(13-11-20)29-15-3-14-28(24(29)31)16-18-4-1-2-5-22(18)26/h1-2,4-13H,3,14-16H2,(H,27,30). The van der Waals surface area contributed by atoms with E-state index in [9.17, 15) is 14.0 Å². The van der Waals surface area contributed by atoms with E-state index in [2.05, 4.69) is 5.32 Å². The van der Waals surface area contributed by atoms with Crippen molar-refractivity contribution in [2.45, 2.75) is 13.0 Å². The van der Waals surface area contributed by atoms with Crippen LogP contribution in [0.1, 0.15) is 22.3 Å². The van der Waals surface area contributed by atoms with Gasteiger partial charge in [-0.15, -0.1) is 0 Å². The number of hydrogen-bond donors (Lipinski definition) is 1. The Balaban J connectivity index is 1.43. The fourth-order valence-electron chi connectivity index (χ4n) is 3.53. The first kappa shape index (κ1) is 20.9. The first-order chi connectivity index (χ1) is 15.0. The highest BCUT2D eigenvalue weighted by Crippen LogP contribution is 2.24. The second kappa shape index (κ2) is 9.18. The molecule has 1 heterocycles. The molecule has 4 rings (SSSR count). The maximum atomic E-state index is 14.0. The van der Waals surface area contributed by atoms with Crippen LogP contribution in [0, 0.1) is 5.82 Å². The van der Waals surface area contributed by atoms with E-state index >= 15 is 0 Å². The molecule has 0 atom stereocenters. The Morgan fingerprint density at radius 1 is 0.968 bits per heavy atom. The second-order valence-corrected chi connectivity index (χ2v) is 7.75. The molecular weight excluding hydrogens is 417 g/mol. The number of hydrogen-bond acceptors (Lipinski definition) is 2. The SMILES string of the molecule is O=C(Nc1ccc(N2CCCN(Cc3ccccc3F)C2=O)cc1)c1ccc(Cl)cc1. The molecular formula is C24H21ClFN3O2. The molecule has 0 aromatic heterocycles. The van der Waals surface area contributed by atoms with E-state index in [0.717, 1.165) is 12.1 Å². The minimum Gasteiger partial charge on any atom is -0.322 e. The van der Waals surface area contributed by atoms with Gasteiger partial charge in [-0.1, -0.05) is 29.8 Å². The Labute approximate surface area is 185 Å². The maximum Gasteiger partial charge on any atom is 0.324 e. The lowest BCUT2D eigenvalue weighted by molar-refractivity contribution is 0.102. The van der Waals surface area contributed by atoms with Crippen LogP contribution in [-0.4, -0.2) is 29.9 Å². The van der Waals surface area contributed by atoms with E-state index in [1.807, 2.05) is 0 Å². The number of halogens is 2. The monoisotopic (exact) mass is 437 g/mol. The Kier molecular flexibility index (Phi) is 6.18. The summed E-state index contributed by atoms with van der Waals surface area (Å²) in [6.45, 7) is 1.40. The van der Waals surface area contributed by atoms with Gasteiger partial charge in [0.2, 0.25) is 0 Å². The van der Waals surface area contributed by atoms with Crippen molar-refractivity contribution in [3.63, 3.8) is 0 Å². The van der Waals surface area contributed by atoms with Crippen LogP contribution in [0.3, 0.4) is 0 Å². The van der Waals surface area contributed by atoms with E-state index in [0.29, 0.717) is 34.9 Å². The van der Waals surface area contributed by atoms with Crippen LogP contribution in [0.25, 0.3) is 0 Å². The predicted molar refractivity (Wildman–Crippen MR) is 120 cm³/mol. The number of anilines is 2. The van der Waals surface area contributed by atoms with E-state index in [4.69, 9.17) is 11.6 Å². The normalized spacial score (nSPS) is 13.9. The van der Waals surface area contributed by atoms with E-state index < -0.39 is 0 Å². The number of carbonyl (C=O) groups excluding carboxylic acids is 2. The predicted octanol–water partition coefficient (Wildman–Crippen LogP) is 5.56. The molecule has 31 heavy (non-hydrogen) atoms. The van der Waals surface area contributed by atoms with E-state index in [1.54, 1.807) is 76.5 Å². The zero-order chi connectivity index (χ0) is 21.8. The molecule has 3 aromatic rings. The average Bonchev–Trinajstić information content (AvgIpc) is 2.78. The van der Waals surface area contributed by atoms with Gasteiger partial charge in [0.15, 0.2) is 0 Å². The molecule has 3 amide bonds. The highest BCUT2D eigenvalue weighted by atomic mass is 35.5. The van der Waals surface area contributed by atoms with Crippen molar-refractivity contribution in [2.24, 2.45) is 0 Å². The van der Waals surface area contributed by atoms with Crippen LogP contribution < -0.4 is 10.2 Å². The molecule has 1 fully saturated rings. The van der Waals surface area contributed by atoms with Gasteiger partial charge in [0.05, 0.1) is 6.54 Å². The van der Waals surface area contributed by atoms with Crippen molar-refractivity contribution in [2.75, 3.05) is 23.3 Å². The molecule has 0 spiro atoms. The Morgan fingerprint density at radius 3 is 2.39 bits per heavy atom. The number of benzene rings is 3. The highest BCUT2D eigenvalue weighted by Gasteiger charge is 2.27. The van der Waals surface area contributed by atoms with Gasteiger partial charge in [0.1, 0.15) is 5.82 Å². The number of nitrogens with one attached hydrogen (secondary N) is 1. The molecule has 0 aliphatic carbocycles. The summed E-state index contributed by atoms with van der Waals surface area (Å²) in [6.07, 6.45) is 0.787. The Hall–Kier alpha value is -3.38. The topological polar surface area (TPSA) is 52.7 Å². The zero-order valence-corrected chi connectivity index (χ0v) is 17.5. The van der Waals surface area contributed by atoms with Gasteiger partial charge in [-0.2, -0.15) is 0 Å². The van der Waals surface area contributed by atoms with Gasteiger partial charge in [-0.25, -0.2) is 9.18 Å².